The fourth-order valence-electron chi connectivity index (χ4n) is 1.50. The van der Waals surface area contributed by atoms with Crippen molar-refractivity contribution in [3.8, 4) is 0 Å². The molecule has 5 heteroatoms. The van der Waals surface area contributed by atoms with Crippen molar-refractivity contribution in [2.24, 2.45) is 5.73 Å². The number of nitrogens with zero attached hydrogens (tertiary/aromatic N) is 4. The Morgan fingerprint density at radius 3 is 2.88 bits per heavy atom. The molecule has 0 atom stereocenters. The maximum atomic E-state index is 5.48. The topological polar surface area (TPSA) is 67.9 Å². The summed E-state index contributed by atoms with van der Waals surface area (Å²) in [6.45, 7) is 1.59. The Morgan fingerprint density at radius 1 is 1.25 bits per heavy atom. The highest BCUT2D eigenvalue weighted by Gasteiger charge is 2.03. The first-order valence-corrected chi connectivity index (χ1v) is 5.30. The van der Waals surface area contributed by atoms with Crippen molar-refractivity contribution in [1.82, 2.24) is 15.0 Å². The Balaban J connectivity index is 2.25. The van der Waals surface area contributed by atoms with Crippen molar-refractivity contribution >= 4 is 17.0 Å². The van der Waals surface area contributed by atoms with Gasteiger partial charge in [0.05, 0.1) is 0 Å². The quantitative estimate of drug-likeness (QED) is 0.820. The first-order valence-electron chi connectivity index (χ1n) is 5.30. The summed E-state index contributed by atoms with van der Waals surface area (Å²) in [5.74, 6) is 0.904. The first-order chi connectivity index (χ1) is 7.81. The van der Waals surface area contributed by atoms with Gasteiger partial charge >= 0.3 is 0 Å². The smallest absolute Gasteiger partial charge is 0.180 e. The average Bonchev–Trinajstić information content (AvgIpc) is 2.35. The van der Waals surface area contributed by atoms with Crippen molar-refractivity contribution in [3.05, 3.63) is 24.5 Å². The van der Waals surface area contributed by atoms with Crippen LogP contribution in [0, 0.1) is 0 Å². The minimum atomic E-state index is 0.680. The lowest BCUT2D eigenvalue weighted by Gasteiger charge is -2.17. The van der Waals surface area contributed by atoms with Gasteiger partial charge in [0.1, 0.15) is 11.3 Å². The van der Waals surface area contributed by atoms with Crippen LogP contribution in [0.1, 0.15) is 6.42 Å². The fraction of sp³-hybridized carbons (Fsp3) is 0.364. The van der Waals surface area contributed by atoms with E-state index in [2.05, 4.69) is 19.9 Å². The molecule has 84 valence electrons. The van der Waals surface area contributed by atoms with Crippen LogP contribution >= 0.6 is 0 Å². The number of anilines is 1. The van der Waals surface area contributed by atoms with Gasteiger partial charge in [-0.05, 0) is 25.1 Å². The number of nitrogens with two attached hydrogens (primary N) is 1. The molecule has 0 spiro atoms. The maximum Gasteiger partial charge on any atom is 0.180 e. The van der Waals surface area contributed by atoms with E-state index in [0.29, 0.717) is 12.2 Å². The molecule has 0 aliphatic carbocycles. The molecule has 2 N–H and O–H groups in total. The van der Waals surface area contributed by atoms with Crippen molar-refractivity contribution in [1.29, 1.82) is 0 Å². The SMILES string of the molecule is CN(CCCN)c1ccc2nccnc2n1. The molecule has 0 aliphatic heterocycles. The normalized spacial score (nSPS) is 10.6. The van der Waals surface area contributed by atoms with E-state index < -0.39 is 0 Å². The third-order valence-corrected chi connectivity index (χ3v) is 2.41. The summed E-state index contributed by atoms with van der Waals surface area (Å²) >= 11 is 0. The molecule has 0 aliphatic rings. The van der Waals surface area contributed by atoms with E-state index >= 15 is 0 Å². The zero-order valence-electron chi connectivity index (χ0n) is 9.30. The molecule has 5 nitrogen and oxygen atoms in total. The van der Waals surface area contributed by atoms with Gasteiger partial charge in [0.15, 0.2) is 5.65 Å². The van der Waals surface area contributed by atoms with Gasteiger partial charge in [-0.15, -0.1) is 0 Å². The van der Waals surface area contributed by atoms with Gasteiger partial charge in [0.2, 0.25) is 0 Å². The molecule has 0 unspecified atom stereocenters. The zero-order chi connectivity index (χ0) is 11.4. The van der Waals surface area contributed by atoms with Crippen LogP contribution in [0.5, 0.6) is 0 Å². The third kappa shape index (κ3) is 2.25. The average molecular weight is 217 g/mol. The summed E-state index contributed by atoms with van der Waals surface area (Å²) < 4.78 is 0. The van der Waals surface area contributed by atoms with Crippen LogP contribution in [-0.2, 0) is 0 Å². The van der Waals surface area contributed by atoms with Gasteiger partial charge in [-0.1, -0.05) is 0 Å². The molecule has 0 saturated carbocycles. The van der Waals surface area contributed by atoms with E-state index in [9.17, 15) is 0 Å². The van der Waals surface area contributed by atoms with Gasteiger partial charge < -0.3 is 10.6 Å². The summed E-state index contributed by atoms with van der Waals surface area (Å²) in [5, 5.41) is 0. The predicted octanol–water partition coefficient (Wildman–Crippen LogP) is 0.810. The molecule has 0 aromatic carbocycles. The molecule has 16 heavy (non-hydrogen) atoms. The minimum absolute atomic E-state index is 0.680. The summed E-state index contributed by atoms with van der Waals surface area (Å²) in [5.41, 5.74) is 6.97. The largest absolute Gasteiger partial charge is 0.360 e. The summed E-state index contributed by atoms with van der Waals surface area (Å²) in [6, 6.07) is 3.89. The first kappa shape index (κ1) is 10.8. The van der Waals surface area contributed by atoms with Crippen LogP contribution in [0.3, 0.4) is 0 Å². The summed E-state index contributed by atoms with van der Waals surface area (Å²) in [6.07, 6.45) is 4.28. The highest BCUT2D eigenvalue weighted by Crippen LogP contribution is 2.13. The number of fused-ring (bicyclic) bond motifs is 1. The molecule has 0 radical (unpaired) electrons. The minimum Gasteiger partial charge on any atom is -0.360 e. The van der Waals surface area contributed by atoms with Crippen molar-refractivity contribution in [2.45, 2.75) is 6.42 Å². The standard InChI is InChI=1S/C11H15N5/c1-16(8-2-5-12)10-4-3-9-11(15-10)14-7-6-13-9/h3-4,6-7H,2,5,8,12H2,1H3. The van der Waals surface area contributed by atoms with E-state index in [1.165, 1.54) is 0 Å². The van der Waals surface area contributed by atoms with E-state index in [1.54, 1.807) is 12.4 Å². The molecule has 0 fully saturated rings. The van der Waals surface area contributed by atoms with Crippen LogP contribution in [0.2, 0.25) is 0 Å². The van der Waals surface area contributed by atoms with Gasteiger partial charge in [0, 0.05) is 26.0 Å². The zero-order valence-corrected chi connectivity index (χ0v) is 9.30. The van der Waals surface area contributed by atoms with Crippen LogP contribution in [0.4, 0.5) is 5.82 Å². The molecule has 0 bridgehead atoms. The number of aromatic nitrogens is 3. The molecule has 2 aromatic heterocycles. The third-order valence-electron chi connectivity index (χ3n) is 2.41. The second kappa shape index (κ2) is 4.85. The molecular formula is C11H15N5. The molecule has 0 saturated heterocycles. The van der Waals surface area contributed by atoms with Crippen LogP contribution in [-0.4, -0.2) is 35.1 Å². The monoisotopic (exact) mass is 217 g/mol. The highest BCUT2D eigenvalue weighted by atomic mass is 15.2. The Kier molecular flexibility index (Phi) is 3.26. The Morgan fingerprint density at radius 2 is 2.06 bits per heavy atom. The number of pyridine rings is 1. The molecule has 2 rings (SSSR count). The van der Waals surface area contributed by atoms with E-state index in [-0.39, 0.29) is 0 Å². The van der Waals surface area contributed by atoms with Gasteiger partial charge in [0.25, 0.3) is 0 Å². The number of rotatable bonds is 4. The van der Waals surface area contributed by atoms with Crippen molar-refractivity contribution in [3.63, 3.8) is 0 Å². The Labute approximate surface area is 94.3 Å². The number of hydrogen-bond donors (Lipinski definition) is 1. The second-order valence-electron chi connectivity index (χ2n) is 3.63. The second-order valence-corrected chi connectivity index (χ2v) is 3.63. The van der Waals surface area contributed by atoms with Gasteiger partial charge in [-0.3, -0.25) is 4.98 Å². The van der Waals surface area contributed by atoms with Crippen molar-refractivity contribution in [2.75, 3.05) is 25.0 Å². The Bertz CT molecular complexity index is 471. The van der Waals surface area contributed by atoms with Crippen LogP contribution < -0.4 is 10.6 Å². The Hall–Kier alpha value is -1.75. The fourth-order valence-corrected chi connectivity index (χ4v) is 1.50. The molecule has 2 aromatic rings. The van der Waals surface area contributed by atoms with Gasteiger partial charge in [-0.2, -0.15) is 0 Å². The highest BCUT2D eigenvalue weighted by molar-refractivity contribution is 5.71. The summed E-state index contributed by atoms with van der Waals surface area (Å²) in [4.78, 5) is 14.9. The maximum absolute atomic E-state index is 5.48. The lowest BCUT2D eigenvalue weighted by Crippen LogP contribution is -2.21. The van der Waals surface area contributed by atoms with Crippen LogP contribution in [0.15, 0.2) is 24.5 Å². The van der Waals surface area contributed by atoms with Crippen molar-refractivity contribution < 1.29 is 0 Å². The van der Waals surface area contributed by atoms with E-state index in [1.807, 2.05) is 19.2 Å². The molecule has 0 amide bonds. The van der Waals surface area contributed by atoms with Gasteiger partial charge in [-0.25, -0.2) is 9.97 Å². The lowest BCUT2D eigenvalue weighted by atomic mass is 10.3. The summed E-state index contributed by atoms with van der Waals surface area (Å²) in [7, 11) is 2.00. The molecule has 2 heterocycles. The number of hydrogen-bond acceptors (Lipinski definition) is 5. The lowest BCUT2D eigenvalue weighted by molar-refractivity contribution is 0.788. The predicted molar refractivity (Wildman–Crippen MR) is 64.3 cm³/mol. The van der Waals surface area contributed by atoms with E-state index in [0.717, 1.165) is 24.3 Å². The molecular weight excluding hydrogens is 202 g/mol. The van der Waals surface area contributed by atoms with E-state index in [4.69, 9.17) is 5.73 Å². The van der Waals surface area contributed by atoms with Crippen LogP contribution in [0.25, 0.3) is 11.2 Å².